The highest BCUT2D eigenvalue weighted by Gasteiger charge is 2.26. The van der Waals surface area contributed by atoms with Crippen LogP contribution in [-0.2, 0) is 11.3 Å². The number of benzene rings is 3. The average Bonchev–Trinajstić information content (AvgIpc) is 3.38. The summed E-state index contributed by atoms with van der Waals surface area (Å²) in [7, 11) is 3.24. The van der Waals surface area contributed by atoms with Crippen molar-refractivity contribution >= 4 is 28.1 Å². The first-order chi connectivity index (χ1) is 17.0. The number of nitrogens with one attached hydrogen (secondary N) is 1. The molecule has 1 N–H and O–H groups in total. The van der Waals surface area contributed by atoms with Gasteiger partial charge in [0.2, 0.25) is 5.91 Å². The molecule has 4 aromatic rings. The number of nitrogens with zero attached hydrogens (tertiary/aromatic N) is 2. The van der Waals surface area contributed by atoms with E-state index in [-0.39, 0.29) is 11.7 Å². The molecule has 0 spiro atoms. The molecule has 0 saturated heterocycles. The Morgan fingerprint density at radius 2 is 1.57 bits per heavy atom. The van der Waals surface area contributed by atoms with Gasteiger partial charge in [0.15, 0.2) is 5.13 Å². The Hall–Kier alpha value is -3.91. The summed E-state index contributed by atoms with van der Waals surface area (Å²) >= 11 is 1.46. The van der Waals surface area contributed by atoms with Crippen molar-refractivity contribution in [2.24, 2.45) is 0 Å². The molecule has 0 aliphatic heterocycles. The molecular weight excluding hydrogens is 465 g/mol. The van der Waals surface area contributed by atoms with Crippen LogP contribution >= 0.6 is 11.3 Å². The van der Waals surface area contributed by atoms with Gasteiger partial charge in [0, 0.05) is 23.2 Å². The highest BCUT2D eigenvalue weighted by Crippen LogP contribution is 2.35. The zero-order valence-corrected chi connectivity index (χ0v) is 20.5. The summed E-state index contributed by atoms with van der Waals surface area (Å²) in [5.41, 5.74) is 3.39. The Morgan fingerprint density at radius 1 is 0.971 bits per heavy atom. The maximum Gasteiger partial charge on any atom is 0.243 e. The number of anilines is 2. The minimum atomic E-state index is -0.557. The minimum absolute atomic E-state index is 0.175. The first-order valence-corrected chi connectivity index (χ1v) is 11.9. The molecule has 1 amide bonds. The number of rotatable bonds is 9. The average molecular weight is 492 g/mol. The van der Waals surface area contributed by atoms with Crippen molar-refractivity contribution in [2.75, 3.05) is 19.1 Å². The molecule has 1 heterocycles. The molecule has 0 unspecified atom stereocenters. The molecule has 35 heavy (non-hydrogen) atoms. The molecule has 3 aromatic carbocycles. The Bertz CT molecular complexity index is 1260. The molecule has 4 rings (SSSR count). The van der Waals surface area contributed by atoms with E-state index in [1.807, 2.05) is 65.7 Å². The number of carbonyl (C=O) groups excluding carboxylic acids is 1. The van der Waals surface area contributed by atoms with Crippen LogP contribution in [0.2, 0.25) is 0 Å². The van der Waals surface area contributed by atoms with Crippen molar-refractivity contribution in [3.05, 3.63) is 89.6 Å². The van der Waals surface area contributed by atoms with Gasteiger partial charge >= 0.3 is 0 Å². The summed E-state index contributed by atoms with van der Waals surface area (Å²) in [4.78, 5) is 19.9. The van der Waals surface area contributed by atoms with Crippen molar-refractivity contribution in [2.45, 2.75) is 19.5 Å². The fourth-order valence-corrected chi connectivity index (χ4v) is 4.50. The van der Waals surface area contributed by atoms with E-state index in [1.165, 1.54) is 23.5 Å². The van der Waals surface area contributed by atoms with Crippen molar-refractivity contribution in [3.8, 4) is 22.8 Å². The summed E-state index contributed by atoms with van der Waals surface area (Å²) in [5, 5.41) is 5.60. The van der Waals surface area contributed by atoms with Crippen LogP contribution in [-0.4, -0.2) is 31.2 Å². The fraction of sp³-hybridized carbons (Fsp3) is 0.185. The number of thiazole rings is 1. The minimum Gasteiger partial charge on any atom is -0.497 e. The summed E-state index contributed by atoms with van der Waals surface area (Å²) in [6.07, 6.45) is 0. The van der Waals surface area contributed by atoms with Crippen LogP contribution in [0.15, 0.2) is 78.2 Å². The normalized spacial score (nSPS) is 11.5. The number of halogens is 1. The summed E-state index contributed by atoms with van der Waals surface area (Å²) < 4.78 is 23.7. The van der Waals surface area contributed by atoms with Crippen molar-refractivity contribution < 1.29 is 18.7 Å². The largest absolute Gasteiger partial charge is 0.497 e. The topological polar surface area (TPSA) is 63.7 Å². The Balaban J connectivity index is 1.60. The van der Waals surface area contributed by atoms with E-state index in [1.54, 1.807) is 26.4 Å². The van der Waals surface area contributed by atoms with E-state index in [9.17, 15) is 9.18 Å². The number of hydrogen-bond acceptors (Lipinski definition) is 6. The summed E-state index contributed by atoms with van der Waals surface area (Å²) in [6, 6.07) is 20.7. The second-order valence-corrected chi connectivity index (χ2v) is 8.67. The lowest BCUT2D eigenvalue weighted by molar-refractivity contribution is -0.122. The van der Waals surface area contributed by atoms with E-state index in [4.69, 9.17) is 14.5 Å². The second kappa shape index (κ2) is 11.0. The molecule has 0 aliphatic rings. The summed E-state index contributed by atoms with van der Waals surface area (Å²) in [6.45, 7) is 2.13. The SMILES string of the molecule is COc1ccc(-c2csc(N(c3ccc(OC)cc3)[C@H](C)C(=O)NCc3ccc(F)cc3)n2)cc1. The van der Waals surface area contributed by atoms with Crippen LogP contribution in [0.3, 0.4) is 0 Å². The maximum atomic E-state index is 13.2. The zero-order chi connectivity index (χ0) is 24.8. The summed E-state index contributed by atoms with van der Waals surface area (Å²) in [5.74, 6) is 1.01. The first-order valence-electron chi connectivity index (χ1n) is 11.0. The van der Waals surface area contributed by atoms with Crippen LogP contribution in [0.1, 0.15) is 12.5 Å². The number of carbonyl (C=O) groups is 1. The van der Waals surface area contributed by atoms with Crippen LogP contribution < -0.4 is 19.7 Å². The van der Waals surface area contributed by atoms with Crippen LogP contribution in [0.5, 0.6) is 11.5 Å². The van der Waals surface area contributed by atoms with E-state index < -0.39 is 6.04 Å². The third kappa shape index (κ3) is 5.78. The lowest BCUT2D eigenvalue weighted by Gasteiger charge is -2.28. The van der Waals surface area contributed by atoms with Crippen molar-refractivity contribution in [1.82, 2.24) is 10.3 Å². The van der Waals surface area contributed by atoms with Gasteiger partial charge in [-0.15, -0.1) is 11.3 Å². The van der Waals surface area contributed by atoms with E-state index in [0.717, 1.165) is 34.0 Å². The number of aromatic nitrogens is 1. The molecule has 0 aliphatic carbocycles. The molecular formula is C27H26FN3O3S. The third-order valence-electron chi connectivity index (χ3n) is 5.58. The van der Waals surface area contributed by atoms with Gasteiger partial charge in [-0.3, -0.25) is 4.79 Å². The molecule has 6 nitrogen and oxygen atoms in total. The van der Waals surface area contributed by atoms with Gasteiger partial charge in [0.25, 0.3) is 0 Å². The van der Waals surface area contributed by atoms with Crippen molar-refractivity contribution in [3.63, 3.8) is 0 Å². The molecule has 1 atom stereocenters. The van der Waals surface area contributed by atoms with Gasteiger partial charge in [-0.1, -0.05) is 12.1 Å². The van der Waals surface area contributed by atoms with Crippen LogP contribution in [0.25, 0.3) is 11.3 Å². The maximum absolute atomic E-state index is 13.2. The first kappa shape index (κ1) is 24.2. The van der Waals surface area contributed by atoms with Crippen LogP contribution in [0.4, 0.5) is 15.2 Å². The molecule has 0 saturated carbocycles. The predicted octanol–water partition coefficient (Wildman–Crippen LogP) is 5.81. The Kier molecular flexibility index (Phi) is 7.62. The van der Waals surface area contributed by atoms with E-state index in [2.05, 4.69) is 5.32 Å². The molecule has 0 radical (unpaired) electrons. The second-order valence-electron chi connectivity index (χ2n) is 7.83. The van der Waals surface area contributed by atoms with Gasteiger partial charge in [-0.2, -0.15) is 0 Å². The van der Waals surface area contributed by atoms with Gasteiger partial charge < -0.3 is 19.7 Å². The van der Waals surface area contributed by atoms with Gasteiger partial charge in [-0.05, 0) is 73.2 Å². The predicted molar refractivity (Wildman–Crippen MR) is 137 cm³/mol. The molecule has 180 valence electrons. The van der Waals surface area contributed by atoms with E-state index in [0.29, 0.717) is 11.7 Å². The lowest BCUT2D eigenvalue weighted by Crippen LogP contribution is -2.42. The highest BCUT2D eigenvalue weighted by molar-refractivity contribution is 7.14. The monoisotopic (exact) mass is 491 g/mol. The standard InChI is InChI=1S/C27H26FN3O3S/c1-18(26(32)29-16-19-4-8-21(28)9-5-19)31(22-10-14-24(34-3)15-11-22)27-30-25(17-35-27)20-6-12-23(33-2)13-7-20/h4-15,17-18H,16H2,1-3H3,(H,29,32)/t18-/m1/s1. The van der Waals surface area contributed by atoms with Gasteiger partial charge in [0.1, 0.15) is 23.4 Å². The number of hydrogen-bond donors (Lipinski definition) is 1. The lowest BCUT2D eigenvalue weighted by atomic mass is 10.1. The Morgan fingerprint density at radius 3 is 2.17 bits per heavy atom. The number of amides is 1. The smallest absolute Gasteiger partial charge is 0.243 e. The molecule has 0 fully saturated rings. The van der Waals surface area contributed by atoms with Gasteiger partial charge in [-0.25, -0.2) is 9.37 Å². The van der Waals surface area contributed by atoms with E-state index >= 15 is 0 Å². The van der Waals surface area contributed by atoms with Crippen molar-refractivity contribution in [1.29, 1.82) is 0 Å². The number of methoxy groups -OCH3 is 2. The fourth-order valence-electron chi connectivity index (χ4n) is 3.57. The zero-order valence-electron chi connectivity index (χ0n) is 19.7. The quantitative estimate of drug-likeness (QED) is 0.320. The molecule has 8 heteroatoms. The Labute approximate surface area is 208 Å². The molecule has 0 bridgehead atoms. The third-order valence-corrected chi connectivity index (χ3v) is 6.42. The van der Waals surface area contributed by atoms with Gasteiger partial charge in [0.05, 0.1) is 19.9 Å². The molecule has 1 aromatic heterocycles. The number of ether oxygens (including phenoxy) is 2. The highest BCUT2D eigenvalue weighted by atomic mass is 32.1. The van der Waals surface area contributed by atoms with Crippen LogP contribution in [0, 0.1) is 5.82 Å².